The Morgan fingerprint density at radius 2 is 2.17 bits per heavy atom. The van der Waals surface area contributed by atoms with Gasteiger partial charge >= 0.3 is 0 Å². The molecule has 0 aliphatic rings. The van der Waals surface area contributed by atoms with E-state index in [1.54, 1.807) is 17.4 Å². The highest BCUT2D eigenvalue weighted by molar-refractivity contribution is 7.83. The van der Waals surface area contributed by atoms with Crippen LogP contribution in [0.15, 0.2) is 17.6 Å². The first-order valence-corrected chi connectivity index (χ1v) is 8.23. The van der Waals surface area contributed by atoms with Crippen LogP contribution in [0.25, 0.3) is 0 Å². The molecule has 0 saturated heterocycles. The number of pyridine rings is 1. The Morgan fingerprint density at radius 3 is 2.78 bits per heavy atom. The van der Waals surface area contributed by atoms with Crippen molar-refractivity contribution in [3.8, 4) is 0 Å². The van der Waals surface area contributed by atoms with Crippen molar-refractivity contribution in [2.45, 2.75) is 18.4 Å². The second kappa shape index (κ2) is 6.10. The lowest BCUT2D eigenvalue weighted by molar-refractivity contribution is 0.681. The molecule has 18 heavy (non-hydrogen) atoms. The Kier molecular flexibility index (Phi) is 4.72. The summed E-state index contributed by atoms with van der Waals surface area (Å²) in [4.78, 5) is 8.37. The van der Waals surface area contributed by atoms with Crippen LogP contribution in [0.4, 0.5) is 0 Å². The molecule has 0 fully saturated rings. The SMILES string of the molecule is Cc1nc(C[S@@](=O)Cc2ncc(Cl)cc2Cl)cs1. The van der Waals surface area contributed by atoms with Gasteiger partial charge < -0.3 is 0 Å². The zero-order valence-corrected chi connectivity index (χ0v) is 12.7. The van der Waals surface area contributed by atoms with E-state index in [-0.39, 0.29) is 0 Å². The van der Waals surface area contributed by atoms with Gasteiger partial charge in [-0.25, -0.2) is 4.98 Å². The van der Waals surface area contributed by atoms with Crippen LogP contribution in [-0.2, 0) is 22.3 Å². The lowest BCUT2D eigenvalue weighted by atomic mass is 10.4. The summed E-state index contributed by atoms with van der Waals surface area (Å²) in [6.07, 6.45) is 1.51. The molecule has 0 N–H and O–H groups in total. The van der Waals surface area contributed by atoms with Gasteiger partial charge in [-0.3, -0.25) is 9.19 Å². The fourth-order valence-corrected chi connectivity index (χ4v) is 3.75. The van der Waals surface area contributed by atoms with Crippen LogP contribution in [0.2, 0.25) is 10.0 Å². The largest absolute Gasteiger partial charge is 0.259 e. The average molecular weight is 321 g/mol. The molecule has 0 amide bonds. The summed E-state index contributed by atoms with van der Waals surface area (Å²) in [7, 11) is -1.07. The fraction of sp³-hybridized carbons (Fsp3) is 0.273. The molecule has 0 saturated carbocycles. The van der Waals surface area contributed by atoms with Gasteiger partial charge in [0.05, 0.1) is 37.9 Å². The predicted octanol–water partition coefficient (Wildman–Crippen LogP) is 3.60. The van der Waals surface area contributed by atoms with E-state index in [9.17, 15) is 4.21 Å². The molecule has 3 nitrogen and oxygen atoms in total. The molecule has 96 valence electrons. The van der Waals surface area contributed by atoms with E-state index in [0.717, 1.165) is 10.7 Å². The monoisotopic (exact) mass is 320 g/mol. The second-order valence-corrected chi connectivity index (χ2v) is 7.03. The Bertz CT molecular complexity index is 586. The zero-order valence-electron chi connectivity index (χ0n) is 9.52. The smallest absolute Gasteiger partial charge is 0.0897 e. The number of aromatic nitrogens is 2. The van der Waals surface area contributed by atoms with Crippen molar-refractivity contribution < 1.29 is 4.21 Å². The Morgan fingerprint density at radius 1 is 1.39 bits per heavy atom. The minimum atomic E-state index is -1.07. The van der Waals surface area contributed by atoms with Gasteiger partial charge in [0.2, 0.25) is 0 Å². The molecule has 0 bridgehead atoms. The molecule has 2 aromatic heterocycles. The molecule has 2 rings (SSSR count). The lowest BCUT2D eigenvalue weighted by Crippen LogP contribution is -2.02. The third-order valence-electron chi connectivity index (χ3n) is 2.16. The number of halogens is 2. The van der Waals surface area contributed by atoms with Crippen molar-refractivity contribution in [1.82, 2.24) is 9.97 Å². The van der Waals surface area contributed by atoms with Crippen LogP contribution in [-0.4, -0.2) is 14.2 Å². The van der Waals surface area contributed by atoms with E-state index < -0.39 is 10.8 Å². The van der Waals surface area contributed by atoms with Gasteiger partial charge in [-0.1, -0.05) is 23.2 Å². The summed E-state index contributed by atoms with van der Waals surface area (Å²) >= 11 is 13.3. The number of nitrogens with zero attached hydrogens (tertiary/aromatic N) is 2. The van der Waals surface area contributed by atoms with Crippen molar-refractivity contribution in [3.05, 3.63) is 44.1 Å². The number of thiazole rings is 1. The maximum atomic E-state index is 12.0. The normalized spacial score (nSPS) is 12.6. The summed E-state index contributed by atoms with van der Waals surface area (Å²) in [5.41, 5.74) is 1.45. The van der Waals surface area contributed by atoms with Gasteiger partial charge in [0.25, 0.3) is 0 Å². The van der Waals surface area contributed by atoms with Crippen molar-refractivity contribution in [2.24, 2.45) is 0 Å². The van der Waals surface area contributed by atoms with Gasteiger partial charge in [-0.15, -0.1) is 11.3 Å². The molecule has 7 heteroatoms. The van der Waals surface area contributed by atoms with Crippen molar-refractivity contribution in [3.63, 3.8) is 0 Å². The van der Waals surface area contributed by atoms with Crippen LogP contribution in [0.1, 0.15) is 16.4 Å². The maximum Gasteiger partial charge on any atom is 0.0897 e. The van der Waals surface area contributed by atoms with Crippen LogP contribution in [0.3, 0.4) is 0 Å². The number of aryl methyl sites for hydroxylation is 1. The van der Waals surface area contributed by atoms with Gasteiger partial charge in [0.15, 0.2) is 0 Å². The van der Waals surface area contributed by atoms with E-state index in [1.807, 2.05) is 12.3 Å². The molecule has 0 aliphatic heterocycles. The van der Waals surface area contributed by atoms with Gasteiger partial charge in [-0.2, -0.15) is 0 Å². The van der Waals surface area contributed by atoms with E-state index >= 15 is 0 Å². The number of rotatable bonds is 4. The third-order valence-corrected chi connectivity index (χ3v) is 4.73. The minimum Gasteiger partial charge on any atom is -0.259 e. The third kappa shape index (κ3) is 3.75. The predicted molar refractivity (Wildman–Crippen MR) is 76.7 cm³/mol. The maximum absolute atomic E-state index is 12.0. The highest BCUT2D eigenvalue weighted by Gasteiger charge is 2.10. The molecule has 0 unspecified atom stereocenters. The molecular formula is C11H10Cl2N2OS2. The van der Waals surface area contributed by atoms with Gasteiger partial charge in [-0.05, 0) is 13.0 Å². The first-order valence-electron chi connectivity index (χ1n) is 5.10. The molecule has 2 aromatic rings. The van der Waals surface area contributed by atoms with Crippen LogP contribution in [0, 0.1) is 6.92 Å². The Labute approximate surface area is 122 Å². The first-order chi connectivity index (χ1) is 8.54. The summed E-state index contributed by atoms with van der Waals surface area (Å²) in [5.74, 6) is 0.734. The number of hydrogen-bond acceptors (Lipinski definition) is 4. The lowest BCUT2D eigenvalue weighted by Gasteiger charge is -2.03. The van der Waals surface area contributed by atoms with E-state index in [4.69, 9.17) is 23.2 Å². The molecule has 0 aliphatic carbocycles. The minimum absolute atomic E-state index is 0.312. The molecule has 0 spiro atoms. The average Bonchev–Trinajstić information content (AvgIpc) is 2.68. The summed E-state index contributed by atoms with van der Waals surface area (Å²) in [6.45, 7) is 1.93. The fourth-order valence-electron chi connectivity index (χ4n) is 1.39. The molecule has 1 atom stereocenters. The first kappa shape index (κ1) is 13.9. The summed E-state index contributed by atoms with van der Waals surface area (Å²) in [5, 5.41) is 3.82. The van der Waals surface area contributed by atoms with Crippen LogP contribution < -0.4 is 0 Å². The van der Waals surface area contributed by atoms with Gasteiger partial charge in [0, 0.05) is 22.4 Å². The molecular weight excluding hydrogens is 311 g/mol. The summed E-state index contributed by atoms with van der Waals surface area (Å²) < 4.78 is 12.0. The molecule has 2 heterocycles. The quantitative estimate of drug-likeness (QED) is 0.864. The molecule has 0 aromatic carbocycles. The molecule has 0 radical (unpaired) electrons. The van der Waals surface area contributed by atoms with Crippen LogP contribution >= 0.6 is 34.5 Å². The highest BCUT2D eigenvalue weighted by Crippen LogP contribution is 2.20. The van der Waals surface area contributed by atoms with E-state index in [2.05, 4.69) is 9.97 Å². The zero-order chi connectivity index (χ0) is 13.1. The number of hydrogen-bond donors (Lipinski definition) is 0. The van der Waals surface area contributed by atoms with Crippen LogP contribution in [0.5, 0.6) is 0 Å². The second-order valence-electron chi connectivity index (χ2n) is 3.67. The Balaban J connectivity index is 2.03. The standard InChI is InChI=1S/C11H10Cl2N2OS2/c1-7-15-9(4-17-7)5-18(16)6-11-10(13)2-8(12)3-14-11/h2-4H,5-6H2,1H3/t18-/m1/s1. The van der Waals surface area contributed by atoms with E-state index in [0.29, 0.717) is 27.2 Å². The van der Waals surface area contributed by atoms with Crippen molar-refractivity contribution >= 4 is 45.3 Å². The van der Waals surface area contributed by atoms with Crippen molar-refractivity contribution in [2.75, 3.05) is 0 Å². The van der Waals surface area contributed by atoms with Gasteiger partial charge in [0.1, 0.15) is 0 Å². The summed E-state index contributed by atoms with van der Waals surface area (Å²) in [6, 6.07) is 1.61. The Hall–Kier alpha value is -0.490. The van der Waals surface area contributed by atoms with E-state index in [1.165, 1.54) is 6.20 Å². The topological polar surface area (TPSA) is 42.9 Å². The van der Waals surface area contributed by atoms with Crippen molar-refractivity contribution in [1.29, 1.82) is 0 Å². The highest BCUT2D eigenvalue weighted by atomic mass is 35.5.